The van der Waals surface area contributed by atoms with Crippen molar-refractivity contribution >= 4 is 0 Å². The van der Waals surface area contributed by atoms with E-state index in [4.69, 9.17) is 4.74 Å². The predicted octanol–water partition coefficient (Wildman–Crippen LogP) is 1.94. The standard InChI is InChI=1S/C11H12N2O/c1-14-11-8-13(9-12-11)7-10-5-3-2-4-6-10/h2-6,8-9H,7H2,1H3. The Hall–Kier alpha value is -1.77. The fourth-order valence-electron chi connectivity index (χ4n) is 1.33. The maximum Gasteiger partial charge on any atom is 0.231 e. The summed E-state index contributed by atoms with van der Waals surface area (Å²) in [5.74, 6) is 0.654. The second-order valence-electron chi connectivity index (χ2n) is 3.07. The summed E-state index contributed by atoms with van der Waals surface area (Å²) in [5.41, 5.74) is 1.26. The van der Waals surface area contributed by atoms with Crippen LogP contribution >= 0.6 is 0 Å². The van der Waals surface area contributed by atoms with Crippen LogP contribution in [-0.4, -0.2) is 16.7 Å². The molecule has 2 rings (SSSR count). The van der Waals surface area contributed by atoms with Gasteiger partial charge in [0.2, 0.25) is 5.88 Å². The Labute approximate surface area is 83.0 Å². The molecule has 0 aliphatic rings. The molecular formula is C11H12N2O. The van der Waals surface area contributed by atoms with E-state index in [-0.39, 0.29) is 0 Å². The lowest BCUT2D eigenvalue weighted by atomic mass is 10.2. The Balaban J connectivity index is 2.11. The molecule has 1 aromatic heterocycles. The van der Waals surface area contributed by atoms with Crippen molar-refractivity contribution in [1.82, 2.24) is 9.55 Å². The largest absolute Gasteiger partial charge is 0.480 e. The van der Waals surface area contributed by atoms with Crippen LogP contribution in [0.2, 0.25) is 0 Å². The van der Waals surface area contributed by atoms with Crippen LogP contribution < -0.4 is 4.74 Å². The number of aromatic nitrogens is 2. The first-order valence-electron chi connectivity index (χ1n) is 4.48. The molecular weight excluding hydrogens is 176 g/mol. The maximum atomic E-state index is 5.00. The monoisotopic (exact) mass is 188 g/mol. The van der Waals surface area contributed by atoms with Crippen LogP contribution in [0.15, 0.2) is 42.9 Å². The fourth-order valence-corrected chi connectivity index (χ4v) is 1.33. The third kappa shape index (κ3) is 1.93. The van der Waals surface area contributed by atoms with E-state index >= 15 is 0 Å². The van der Waals surface area contributed by atoms with Gasteiger partial charge in [0.1, 0.15) is 0 Å². The molecule has 3 nitrogen and oxygen atoms in total. The summed E-state index contributed by atoms with van der Waals surface area (Å²) >= 11 is 0. The Bertz CT molecular complexity index is 395. The maximum absolute atomic E-state index is 5.00. The van der Waals surface area contributed by atoms with Crippen molar-refractivity contribution in [2.24, 2.45) is 0 Å². The summed E-state index contributed by atoms with van der Waals surface area (Å²) in [4.78, 5) is 4.07. The van der Waals surface area contributed by atoms with E-state index in [1.165, 1.54) is 5.56 Å². The van der Waals surface area contributed by atoms with Gasteiger partial charge >= 0.3 is 0 Å². The number of methoxy groups -OCH3 is 1. The molecule has 0 atom stereocenters. The van der Waals surface area contributed by atoms with Gasteiger partial charge in [-0.2, -0.15) is 0 Å². The minimum absolute atomic E-state index is 0.654. The lowest BCUT2D eigenvalue weighted by Crippen LogP contribution is -1.95. The van der Waals surface area contributed by atoms with Gasteiger partial charge in [-0.05, 0) is 5.56 Å². The van der Waals surface area contributed by atoms with E-state index in [1.807, 2.05) is 29.0 Å². The first kappa shape index (κ1) is 8.81. The zero-order chi connectivity index (χ0) is 9.80. The zero-order valence-corrected chi connectivity index (χ0v) is 8.05. The molecule has 0 amide bonds. The molecule has 14 heavy (non-hydrogen) atoms. The Morgan fingerprint density at radius 1 is 1.29 bits per heavy atom. The Kier molecular flexibility index (Phi) is 2.49. The summed E-state index contributed by atoms with van der Waals surface area (Å²) in [7, 11) is 1.62. The van der Waals surface area contributed by atoms with Crippen LogP contribution in [0.1, 0.15) is 5.56 Å². The van der Waals surface area contributed by atoms with Gasteiger partial charge in [-0.25, -0.2) is 4.98 Å². The minimum Gasteiger partial charge on any atom is -0.480 e. The highest BCUT2D eigenvalue weighted by Gasteiger charge is 1.97. The smallest absolute Gasteiger partial charge is 0.231 e. The molecule has 0 N–H and O–H groups in total. The number of hydrogen-bond acceptors (Lipinski definition) is 2. The zero-order valence-electron chi connectivity index (χ0n) is 8.05. The van der Waals surface area contributed by atoms with Crippen molar-refractivity contribution < 1.29 is 4.74 Å². The number of ether oxygens (including phenoxy) is 1. The fraction of sp³-hybridized carbons (Fsp3) is 0.182. The molecule has 0 bridgehead atoms. The molecule has 0 saturated heterocycles. The number of imidazole rings is 1. The van der Waals surface area contributed by atoms with Crippen LogP contribution in [0.3, 0.4) is 0 Å². The van der Waals surface area contributed by atoms with Crippen molar-refractivity contribution in [3.05, 3.63) is 48.4 Å². The average molecular weight is 188 g/mol. The van der Waals surface area contributed by atoms with Crippen LogP contribution in [0, 0.1) is 0 Å². The van der Waals surface area contributed by atoms with E-state index in [9.17, 15) is 0 Å². The van der Waals surface area contributed by atoms with E-state index in [2.05, 4.69) is 17.1 Å². The van der Waals surface area contributed by atoms with Gasteiger partial charge in [0.15, 0.2) is 0 Å². The highest BCUT2D eigenvalue weighted by atomic mass is 16.5. The predicted molar refractivity (Wildman–Crippen MR) is 54.3 cm³/mol. The minimum atomic E-state index is 0.654. The van der Waals surface area contributed by atoms with Gasteiger partial charge in [0.25, 0.3) is 0 Å². The summed E-state index contributed by atoms with van der Waals surface area (Å²) in [5, 5.41) is 0. The molecule has 0 spiro atoms. The molecule has 1 aromatic carbocycles. The van der Waals surface area contributed by atoms with Crippen molar-refractivity contribution in [3.63, 3.8) is 0 Å². The third-order valence-electron chi connectivity index (χ3n) is 2.03. The van der Waals surface area contributed by atoms with Gasteiger partial charge in [0, 0.05) is 6.54 Å². The van der Waals surface area contributed by atoms with E-state index in [0.29, 0.717) is 5.88 Å². The number of rotatable bonds is 3. The van der Waals surface area contributed by atoms with E-state index < -0.39 is 0 Å². The molecule has 0 saturated carbocycles. The van der Waals surface area contributed by atoms with Gasteiger partial charge in [-0.15, -0.1) is 0 Å². The Morgan fingerprint density at radius 2 is 2.07 bits per heavy atom. The van der Waals surface area contributed by atoms with Crippen LogP contribution in [0.25, 0.3) is 0 Å². The number of hydrogen-bond donors (Lipinski definition) is 0. The van der Waals surface area contributed by atoms with Crippen LogP contribution in [0.4, 0.5) is 0 Å². The second kappa shape index (κ2) is 3.96. The van der Waals surface area contributed by atoms with E-state index in [0.717, 1.165) is 6.54 Å². The van der Waals surface area contributed by atoms with Crippen molar-refractivity contribution in [1.29, 1.82) is 0 Å². The van der Waals surface area contributed by atoms with Crippen LogP contribution in [-0.2, 0) is 6.54 Å². The molecule has 0 aliphatic heterocycles. The molecule has 72 valence electrons. The lowest BCUT2D eigenvalue weighted by molar-refractivity contribution is 0.399. The van der Waals surface area contributed by atoms with Crippen molar-refractivity contribution in [2.75, 3.05) is 7.11 Å². The lowest BCUT2D eigenvalue weighted by Gasteiger charge is -2.00. The first-order chi connectivity index (χ1) is 6.88. The molecule has 2 aromatic rings. The molecule has 0 radical (unpaired) electrons. The number of benzene rings is 1. The molecule has 0 fully saturated rings. The normalized spacial score (nSPS) is 10.1. The van der Waals surface area contributed by atoms with Gasteiger partial charge < -0.3 is 9.30 Å². The number of nitrogens with zero attached hydrogens (tertiary/aromatic N) is 2. The molecule has 1 heterocycles. The van der Waals surface area contributed by atoms with Crippen molar-refractivity contribution in [3.8, 4) is 5.88 Å². The quantitative estimate of drug-likeness (QED) is 0.736. The van der Waals surface area contributed by atoms with Gasteiger partial charge in [-0.1, -0.05) is 30.3 Å². The van der Waals surface area contributed by atoms with Gasteiger partial charge in [0.05, 0.1) is 19.6 Å². The molecule has 0 unspecified atom stereocenters. The second-order valence-corrected chi connectivity index (χ2v) is 3.07. The van der Waals surface area contributed by atoms with Crippen LogP contribution in [0.5, 0.6) is 5.88 Å². The Morgan fingerprint density at radius 3 is 2.71 bits per heavy atom. The summed E-state index contributed by atoms with van der Waals surface area (Å²) in [6.07, 6.45) is 3.65. The highest BCUT2D eigenvalue weighted by Crippen LogP contribution is 2.07. The summed E-state index contributed by atoms with van der Waals surface area (Å²) in [6.45, 7) is 0.831. The molecule has 3 heteroatoms. The first-order valence-corrected chi connectivity index (χ1v) is 4.48. The molecule has 0 aliphatic carbocycles. The van der Waals surface area contributed by atoms with E-state index in [1.54, 1.807) is 13.4 Å². The average Bonchev–Trinajstić information content (AvgIpc) is 2.67. The highest BCUT2D eigenvalue weighted by molar-refractivity contribution is 5.16. The summed E-state index contributed by atoms with van der Waals surface area (Å²) in [6, 6.07) is 10.3. The SMILES string of the molecule is COc1cn(Cc2ccccc2)cn1. The third-order valence-corrected chi connectivity index (χ3v) is 2.03. The summed E-state index contributed by atoms with van der Waals surface area (Å²) < 4.78 is 6.99. The van der Waals surface area contributed by atoms with Crippen molar-refractivity contribution in [2.45, 2.75) is 6.54 Å². The van der Waals surface area contributed by atoms with Gasteiger partial charge in [-0.3, -0.25) is 0 Å². The topological polar surface area (TPSA) is 27.1 Å².